The fourth-order valence-electron chi connectivity index (χ4n) is 5.99. The minimum absolute atomic E-state index is 0.104. The molecule has 9 heteroatoms. The van der Waals surface area contributed by atoms with E-state index in [1.165, 1.54) is 10.5 Å². The van der Waals surface area contributed by atoms with Crippen LogP contribution in [0, 0.1) is 11.8 Å². The van der Waals surface area contributed by atoms with Gasteiger partial charge in [-0.3, -0.25) is 9.59 Å². The van der Waals surface area contributed by atoms with Crippen molar-refractivity contribution in [2.75, 3.05) is 39.3 Å². The topological polar surface area (TPSA) is 110 Å². The molecular weight excluding hydrogens is 484 g/mol. The number of likely N-dealkylation sites (tertiary alicyclic amines) is 1. The van der Waals surface area contributed by atoms with Gasteiger partial charge in [-0.1, -0.05) is 49.6 Å². The minimum atomic E-state index is -1.12. The first kappa shape index (κ1) is 28.1. The number of rotatable bonds is 11. The number of aliphatic carboxylic acids is 1. The zero-order valence-electron chi connectivity index (χ0n) is 22.4. The molecule has 3 fully saturated rings. The molecular formula is C29H42N4O5. The average Bonchev–Trinajstić information content (AvgIpc) is 2.94. The van der Waals surface area contributed by atoms with Crippen LogP contribution in [0.3, 0.4) is 0 Å². The van der Waals surface area contributed by atoms with Crippen LogP contribution in [-0.2, 0) is 20.8 Å². The average molecular weight is 527 g/mol. The maximum Gasteiger partial charge on any atom is 0.327 e. The number of nitrogens with one attached hydrogen (secondary N) is 1. The highest BCUT2D eigenvalue weighted by Crippen LogP contribution is 2.35. The molecule has 0 bridgehead atoms. The van der Waals surface area contributed by atoms with E-state index in [2.05, 4.69) is 29.6 Å². The Kier molecular flexibility index (Phi) is 10.1. The van der Waals surface area contributed by atoms with E-state index in [1.807, 2.05) is 6.07 Å². The van der Waals surface area contributed by atoms with Crippen molar-refractivity contribution in [3.05, 3.63) is 35.9 Å². The summed E-state index contributed by atoms with van der Waals surface area (Å²) < 4.78 is 0. The predicted molar refractivity (Wildman–Crippen MR) is 143 cm³/mol. The number of hydrogen-bond donors (Lipinski definition) is 2. The summed E-state index contributed by atoms with van der Waals surface area (Å²) in [6, 6.07) is 8.87. The normalized spacial score (nSPS) is 22.3. The SMILES string of the molecule is O=C(O)[C@@H]1[C@@H](CC2CCNCC2)C(=O)N1C(=O)N1CCN(C(=O)CCCCCCCc2ccccc2)CC1. The number of hydrogen-bond acceptors (Lipinski definition) is 5. The first-order valence-corrected chi connectivity index (χ1v) is 14.3. The second-order valence-electron chi connectivity index (χ2n) is 10.9. The molecule has 3 heterocycles. The molecule has 3 aliphatic rings. The molecule has 0 saturated carbocycles. The molecule has 1 aromatic rings. The Hall–Kier alpha value is -2.94. The summed E-state index contributed by atoms with van der Waals surface area (Å²) in [6.07, 6.45) is 9.32. The first-order chi connectivity index (χ1) is 18.5. The standard InChI is InChI=1S/C29H42N4O5/c34-25(12-8-3-1-2-5-9-22-10-6-4-7-11-22)31-17-19-32(20-18-31)29(38)33-26(28(36)37)24(27(33)35)21-23-13-15-30-16-14-23/h4,6-7,10-11,23-24,26,30H,1-3,5,8-9,12-21H2,(H,36,37)/t24-,26+/m1/s1. The van der Waals surface area contributed by atoms with E-state index in [1.54, 1.807) is 4.90 Å². The van der Waals surface area contributed by atoms with Gasteiger partial charge >= 0.3 is 12.0 Å². The number of piperazine rings is 1. The van der Waals surface area contributed by atoms with E-state index in [0.29, 0.717) is 44.9 Å². The van der Waals surface area contributed by atoms with Crippen LogP contribution in [0.2, 0.25) is 0 Å². The van der Waals surface area contributed by atoms with E-state index in [9.17, 15) is 24.3 Å². The highest BCUT2D eigenvalue weighted by molar-refractivity contribution is 6.07. The maximum atomic E-state index is 13.1. The van der Waals surface area contributed by atoms with E-state index < -0.39 is 24.0 Å². The summed E-state index contributed by atoms with van der Waals surface area (Å²) in [6.45, 7) is 3.23. The second-order valence-corrected chi connectivity index (χ2v) is 10.9. The van der Waals surface area contributed by atoms with Gasteiger partial charge in [-0.2, -0.15) is 0 Å². The Bertz CT molecular complexity index is 957. The Morgan fingerprint density at radius 1 is 0.868 bits per heavy atom. The van der Waals surface area contributed by atoms with Crippen LogP contribution in [0.5, 0.6) is 0 Å². The number of benzene rings is 1. The zero-order chi connectivity index (χ0) is 26.9. The number of β-lactam (4-membered cyclic amide) rings is 1. The van der Waals surface area contributed by atoms with Crippen molar-refractivity contribution in [3.63, 3.8) is 0 Å². The molecule has 38 heavy (non-hydrogen) atoms. The van der Waals surface area contributed by atoms with Crippen LogP contribution in [0.15, 0.2) is 30.3 Å². The molecule has 0 unspecified atom stereocenters. The van der Waals surface area contributed by atoms with Gasteiger partial charge in [-0.05, 0) is 63.1 Å². The van der Waals surface area contributed by atoms with Gasteiger partial charge in [0.15, 0.2) is 6.04 Å². The molecule has 0 spiro atoms. The summed E-state index contributed by atoms with van der Waals surface area (Å²) >= 11 is 0. The molecule has 1 aromatic carbocycles. The Morgan fingerprint density at radius 2 is 1.50 bits per heavy atom. The summed E-state index contributed by atoms with van der Waals surface area (Å²) in [5.74, 6) is -1.70. The third-order valence-electron chi connectivity index (χ3n) is 8.32. The van der Waals surface area contributed by atoms with Crippen molar-refractivity contribution in [1.82, 2.24) is 20.0 Å². The van der Waals surface area contributed by atoms with E-state index in [0.717, 1.165) is 69.4 Å². The number of carboxylic acids is 1. The number of carbonyl (C=O) groups excluding carboxylic acids is 3. The van der Waals surface area contributed by atoms with Gasteiger partial charge in [0.1, 0.15) is 0 Å². The number of urea groups is 1. The number of imide groups is 1. The number of piperidine rings is 1. The third kappa shape index (κ3) is 7.12. The quantitative estimate of drug-likeness (QED) is 0.339. The fourth-order valence-corrected chi connectivity index (χ4v) is 5.99. The molecule has 4 amide bonds. The molecule has 208 valence electrons. The highest BCUT2D eigenvalue weighted by atomic mass is 16.4. The maximum absolute atomic E-state index is 13.1. The molecule has 9 nitrogen and oxygen atoms in total. The van der Waals surface area contributed by atoms with E-state index in [-0.39, 0.29) is 11.8 Å². The lowest BCUT2D eigenvalue weighted by molar-refractivity contribution is -0.167. The molecule has 2 N–H and O–H groups in total. The number of unbranched alkanes of at least 4 members (excludes halogenated alkanes) is 4. The smallest absolute Gasteiger partial charge is 0.327 e. The van der Waals surface area contributed by atoms with E-state index >= 15 is 0 Å². The van der Waals surface area contributed by atoms with Crippen molar-refractivity contribution < 1.29 is 24.3 Å². The lowest BCUT2D eigenvalue weighted by atomic mass is 9.78. The van der Waals surface area contributed by atoms with Gasteiger partial charge in [-0.15, -0.1) is 0 Å². The van der Waals surface area contributed by atoms with Crippen molar-refractivity contribution in [2.45, 2.75) is 70.3 Å². The molecule has 0 aromatic heterocycles. The van der Waals surface area contributed by atoms with Gasteiger partial charge in [0.25, 0.3) is 0 Å². The van der Waals surface area contributed by atoms with E-state index in [4.69, 9.17) is 0 Å². The van der Waals surface area contributed by atoms with Crippen LogP contribution < -0.4 is 5.32 Å². The molecule has 2 atom stereocenters. The molecule has 3 aliphatic heterocycles. The zero-order valence-corrected chi connectivity index (χ0v) is 22.4. The summed E-state index contributed by atoms with van der Waals surface area (Å²) in [5.41, 5.74) is 1.37. The fraction of sp³-hybridized carbons (Fsp3) is 0.655. The first-order valence-electron chi connectivity index (χ1n) is 14.3. The second kappa shape index (κ2) is 13.7. The van der Waals surface area contributed by atoms with Crippen molar-refractivity contribution in [3.8, 4) is 0 Å². The number of carboxylic acid groups (broad SMARTS) is 1. The summed E-state index contributed by atoms with van der Waals surface area (Å²) in [5, 5.41) is 13.0. The number of amides is 4. The molecule has 4 rings (SSSR count). The number of aryl methyl sites for hydroxylation is 1. The van der Waals surface area contributed by atoms with Gasteiger partial charge in [0.2, 0.25) is 11.8 Å². The molecule has 3 saturated heterocycles. The van der Waals surface area contributed by atoms with Gasteiger partial charge in [0.05, 0.1) is 5.92 Å². The van der Waals surface area contributed by atoms with Crippen molar-refractivity contribution in [2.24, 2.45) is 11.8 Å². The van der Waals surface area contributed by atoms with Gasteiger partial charge in [0, 0.05) is 32.6 Å². The van der Waals surface area contributed by atoms with Crippen LogP contribution in [0.1, 0.15) is 63.4 Å². The van der Waals surface area contributed by atoms with Crippen molar-refractivity contribution in [1.29, 1.82) is 0 Å². The van der Waals surface area contributed by atoms with Crippen LogP contribution in [0.4, 0.5) is 4.79 Å². The van der Waals surface area contributed by atoms with Crippen LogP contribution in [0.25, 0.3) is 0 Å². The van der Waals surface area contributed by atoms with Crippen LogP contribution in [-0.4, -0.2) is 88.9 Å². The monoisotopic (exact) mass is 526 g/mol. The largest absolute Gasteiger partial charge is 0.480 e. The van der Waals surface area contributed by atoms with Gasteiger partial charge < -0.3 is 20.2 Å². The number of carbonyl (C=O) groups is 4. The lowest BCUT2D eigenvalue weighted by Gasteiger charge is -2.47. The third-order valence-corrected chi connectivity index (χ3v) is 8.32. The summed E-state index contributed by atoms with van der Waals surface area (Å²) in [7, 11) is 0. The highest BCUT2D eigenvalue weighted by Gasteiger charge is 2.56. The van der Waals surface area contributed by atoms with Crippen molar-refractivity contribution >= 4 is 23.8 Å². The number of nitrogens with zero attached hydrogens (tertiary/aromatic N) is 3. The Morgan fingerprint density at radius 3 is 2.18 bits per heavy atom. The molecule has 0 radical (unpaired) electrons. The Balaban J connectivity index is 1.13. The van der Waals surface area contributed by atoms with Gasteiger partial charge in [-0.25, -0.2) is 14.5 Å². The Labute approximate surface area is 225 Å². The van der Waals surface area contributed by atoms with Crippen LogP contribution >= 0.6 is 0 Å². The minimum Gasteiger partial charge on any atom is -0.480 e. The summed E-state index contributed by atoms with van der Waals surface area (Å²) in [4.78, 5) is 54.7. The lowest BCUT2D eigenvalue weighted by Crippen LogP contribution is -2.69. The molecule has 0 aliphatic carbocycles. The predicted octanol–water partition coefficient (Wildman–Crippen LogP) is 3.14.